The van der Waals surface area contributed by atoms with Gasteiger partial charge in [0.25, 0.3) is 0 Å². The lowest BCUT2D eigenvalue weighted by atomic mass is 10.2. The van der Waals surface area contributed by atoms with Crippen molar-refractivity contribution in [1.29, 1.82) is 0 Å². The number of hydrogen-bond acceptors (Lipinski definition) is 4. The van der Waals surface area contributed by atoms with Gasteiger partial charge in [-0.05, 0) is 24.4 Å². The van der Waals surface area contributed by atoms with Crippen molar-refractivity contribution in [2.75, 3.05) is 17.7 Å². The Labute approximate surface area is 142 Å². The standard InChI is InChI=1S/C16H23N3O3S/c1-9(2)14(20)18-12-7-6-11(8-13(12)22-5)17-16(23)19-15(21)10(3)4/h6-10H,1-5H3,(H,18,20)(H2,17,19,21,23). The lowest BCUT2D eigenvalue weighted by molar-refractivity contribution is -0.122. The minimum Gasteiger partial charge on any atom is -0.494 e. The van der Waals surface area contributed by atoms with E-state index in [1.807, 2.05) is 13.8 Å². The van der Waals surface area contributed by atoms with Crippen molar-refractivity contribution in [2.24, 2.45) is 11.8 Å². The molecule has 0 aliphatic rings. The number of methoxy groups -OCH3 is 1. The van der Waals surface area contributed by atoms with Gasteiger partial charge in [-0.1, -0.05) is 27.7 Å². The van der Waals surface area contributed by atoms with E-state index in [0.29, 0.717) is 17.1 Å². The first-order valence-corrected chi connectivity index (χ1v) is 7.76. The fourth-order valence-electron chi connectivity index (χ4n) is 1.57. The summed E-state index contributed by atoms with van der Waals surface area (Å²) < 4.78 is 5.28. The van der Waals surface area contributed by atoms with Crippen molar-refractivity contribution >= 4 is 40.5 Å². The summed E-state index contributed by atoms with van der Waals surface area (Å²) in [5.74, 6) is -0.0322. The van der Waals surface area contributed by atoms with Crippen molar-refractivity contribution in [1.82, 2.24) is 5.32 Å². The maximum absolute atomic E-state index is 11.8. The zero-order valence-electron chi connectivity index (χ0n) is 14.0. The van der Waals surface area contributed by atoms with Gasteiger partial charge < -0.3 is 20.7 Å². The molecule has 0 aromatic heterocycles. The van der Waals surface area contributed by atoms with Gasteiger partial charge in [-0.25, -0.2) is 0 Å². The molecule has 1 rings (SSSR count). The molecule has 0 saturated carbocycles. The topological polar surface area (TPSA) is 79.5 Å². The van der Waals surface area contributed by atoms with Crippen molar-refractivity contribution in [3.63, 3.8) is 0 Å². The number of hydrogen-bond donors (Lipinski definition) is 3. The summed E-state index contributed by atoms with van der Waals surface area (Å²) in [6, 6.07) is 5.16. The largest absolute Gasteiger partial charge is 0.494 e. The van der Waals surface area contributed by atoms with Crippen LogP contribution in [-0.4, -0.2) is 24.0 Å². The first-order chi connectivity index (χ1) is 10.7. The molecular weight excluding hydrogens is 314 g/mol. The number of anilines is 2. The Morgan fingerprint density at radius 2 is 1.65 bits per heavy atom. The maximum Gasteiger partial charge on any atom is 0.228 e. The van der Waals surface area contributed by atoms with Gasteiger partial charge in [-0.15, -0.1) is 0 Å². The molecule has 0 unspecified atom stereocenters. The molecule has 0 bridgehead atoms. The zero-order chi connectivity index (χ0) is 17.6. The monoisotopic (exact) mass is 337 g/mol. The first kappa shape index (κ1) is 18.9. The number of benzene rings is 1. The van der Waals surface area contributed by atoms with E-state index in [9.17, 15) is 9.59 Å². The predicted octanol–water partition coefficient (Wildman–Crippen LogP) is 2.76. The van der Waals surface area contributed by atoms with Crippen LogP contribution < -0.4 is 20.7 Å². The molecule has 1 aromatic rings. The van der Waals surface area contributed by atoms with Crippen LogP contribution in [0.3, 0.4) is 0 Å². The third-order valence-corrected chi connectivity index (χ3v) is 3.21. The van der Waals surface area contributed by atoms with E-state index in [1.165, 1.54) is 7.11 Å². The Morgan fingerprint density at radius 3 is 2.17 bits per heavy atom. The highest BCUT2D eigenvalue weighted by Crippen LogP contribution is 2.28. The normalized spacial score (nSPS) is 10.4. The summed E-state index contributed by atoms with van der Waals surface area (Å²) in [6.07, 6.45) is 0. The van der Waals surface area contributed by atoms with E-state index in [4.69, 9.17) is 17.0 Å². The first-order valence-electron chi connectivity index (χ1n) is 7.35. The molecule has 0 aliphatic heterocycles. The van der Waals surface area contributed by atoms with Crippen LogP contribution in [0.5, 0.6) is 5.75 Å². The molecule has 7 heteroatoms. The summed E-state index contributed by atoms with van der Waals surface area (Å²) in [7, 11) is 1.52. The van der Waals surface area contributed by atoms with Crippen LogP contribution >= 0.6 is 12.2 Å². The third-order valence-electron chi connectivity index (χ3n) is 3.00. The van der Waals surface area contributed by atoms with Gasteiger partial charge in [0.1, 0.15) is 5.75 Å². The SMILES string of the molecule is COc1cc(NC(=S)NC(=O)C(C)C)ccc1NC(=O)C(C)C. The molecule has 0 heterocycles. The van der Waals surface area contributed by atoms with Gasteiger partial charge in [0.2, 0.25) is 11.8 Å². The van der Waals surface area contributed by atoms with Crippen molar-refractivity contribution in [3.05, 3.63) is 18.2 Å². The van der Waals surface area contributed by atoms with E-state index in [2.05, 4.69) is 16.0 Å². The fourth-order valence-corrected chi connectivity index (χ4v) is 1.79. The Hall–Kier alpha value is -2.15. The Morgan fingerprint density at radius 1 is 1.04 bits per heavy atom. The summed E-state index contributed by atoms with van der Waals surface area (Å²) >= 11 is 5.09. The Kier molecular flexibility index (Phi) is 6.96. The minimum absolute atomic E-state index is 0.0938. The van der Waals surface area contributed by atoms with Crippen LogP contribution in [0.2, 0.25) is 0 Å². The van der Waals surface area contributed by atoms with Gasteiger partial charge in [0, 0.05) is 23.6 Å². The van der Waals surface area contributed by atoms with Crippen molar-refractivity contribution < 1.29 is 14.3 Å². The molecule has 23 heavy (non-hydrogen) atoms. The van der Waals surface area contributed by atoms with Crippen molar-refractivity contribution in [2.45, 2.75) is 27.7 Å². The molecule has 126 valence electrons. The van der Waals surface area contributed by atoms with Crippen LogP contribution in [0, 0.1) is 11.8 Å². The van der Waals surface area contributed by atoms with Gasteiger partial charge in [-0.3, -0.25) is 9.59 Å². The summed E-state index contributed by atoms with van der Waals surface area (Å²) in [6.45, 7) is 7.20. The lowest BCUT2D eigenvalue weighted by Crippen LogP contribution is -2.36. The average Bonchev–Trinajstić information content (AvgIpc) is 2.48. The van der Waals surface area contributed by atoms with E-state index < -0.39 is 0 Å². The molecule has 0 atom stereocenters. The van der Waals surface area contributed by atoms with Crippen LogP contribution in [0.4, 0.5) is 11.4 Å². The lowest BCUT2D eigenvalue weighted by Gasteiger charge is -2.15. The highest BCUT2D eigenvalue weighted by atomic mass is 32.1. The molecule has 0 fully saturated rings. The predicted molar refractivity (Wildman–Crippen MR) is 95.7 cm³/mol. The second kappa shape index (κ2) is 8.47. The van der Waals surface area contributed by atoms with E-state index in [1.54, 1.807) is 32.0 Å². The quantitative estimate of drug-likeness (QED) is 0.720. The molecule has 0 radical (unpaired) electrons. The van der Waals surface area contributed by atoms with E-state index in [0.717, 1.165) is 0 Å². The Bertz CT molecular complexity index is 600. The highest BCUT2D eigenvalue weighted by molar-refractivity contribution is 7.80. The molecular formula is C16H23N3O3S. The second-order valence-corrected chi connectivity index (χ2v) is 6.07. The molecule has 0 spiro atoms. The maximum atomic E-state index is 11.8. The fraction of sp³-hybridized carbons (Fsp3) is 0.438. The molecule has 2 amide bonds. The molecule has 6 nitrogen and oxygen atoms in total. The number of carbonyl (C=O) groups excluding carboxylic acids is 2. The molecule has 1 aromatic carbocycles. The minimum atomic E-state index is -0.157. The number of amides is 2. The number of rotatable bonds is 5. The van der Waals surface area contributed by atoms with Crippen LogP contribution in [0.25, 0.3) is 0 Å². The van der Waals surface area contributed by atoms with Crippen LogP contribution in [0.1, 0.15) is 27.7 Å². The smallest absolute Gasteiger partial charge is 0.228 e. The number of ether oxygens (including phenoxy) is 1. The van der Waals surface area contributed by atoms with Gasteiger partial charge >= 0.3 is 0 Å². The highest BCUT2D eigenvalue weighted by Gasteiger charge is 2.13. The van der Waals surface area contributed by atoms with Gasteiger partial charge in [0.15, 0.2) is 5.11 Å². The van der Waals surface area contributed by atoms with Gasteiger partial charge in [-0.2, -0.15) is 0 Å². The second-order valence-electron chi connectivity index (χ2n) is 5.66. The molecule has 0 aliphatic carbocycles. The van der Waals surface area contributed by atoms with E-state index >= 15 is 0 Å². The number of thiocarbonyl (C=S) groups is 1. The summed E-state index contributed by atoms with van der Waals surface area (Å²) in [5, 5.41) is 8.52. The molecule has 3 N–H and O–H groups in total. The zero-order valence-corrected chi connectivity index (χ0v) is 14.8. The number of nitrogens with one attached hydrogen (secondary N) is 3. The van der Waals surface area contributed by atoms with Crippen molar-refractivity contribution in [3.8, 4) is 5.75 Å². The van der Waals surface area contributed by atoms with Crippen LogP contribution in [-0.2, 0) is 9.59 Å². The average molecular weight is 337 g/mol. The summed E-state index contributed by atoms with van der Waals surface area (Å²) in [4.78, 5) is 23.4. The number of carbonyl (C=O) groups is 2. The van der Waals surface area contributed by atoms with E-state index in [-0.39, 0.29) is 28.8 Å². The Balaban J connectivity index is 2.81. The van der Waals surface area contributed by atoms with Crippen LogP contribution in [0.15, 0.2) is 18.2 Å². The third kappa shape index (κ3) is 5.86. The summed E-state index contributed by atoms with van der Waals surface area (Å²) in [5.41, 5.74) is 1.23. The molecule has 0 saturated heterocycles. The van der Waals surface area contributed by atoms with Gasteiger partial charge in [0.05, 0.1) is 12.8 Å².